The van der Waals surface area contributed by atoms with Crippen molar-refractivity contribution in [3.05, 3.63) is 83.7 Å². The number of carbonyl (C=O) groups excluding carboxylic acids is 1. The van der Waals surface area contributed by atoms with Crippen molar-refractivity contribution in [1.29, 1.82) is 0 Å². The average molecular weight is 512 g/mol. The third-order valence-electron chi connectivity index (χ3n) is 4.15. The molecule has 0 fully saturated rings. The third-order valence-corrected chi connectivity index (χ3v) is 6.16. The van der Waals surface area contributed by atoms with Crippen LogP contribution in [0.3, 0.4) is 0 Å². The molecule has 3 aromatic rings. The van der Waals surface area contributed by atoms with Crippen LogP contribution in [0.4, 0.5) is 16.4 Å². The second kappa shape index (κ2) is 7.10. The molecule has 0 bridgehead atoms. The standard InChI is InChI=1S/C18H11ClIN3O3S/c19-10-1-4-12(5-2-10)22-17(15-7-8-16(27-15)23(25)26)21-14-6-3-11(20)9-13(14)18(22)24/h1-9,17,21H. The van der Waals surface area contributed by atoms with Gasteiger partial charge in [0.15, 0.2) is 0 Å². The molecule has 2 aromatic carbocycles. The molecule has 1 aliphatic rings. The van der Waals surface area contributed by atoms with Gasteiger partial charge in [-0.25, -0.2) is 0 Å². The first-order valence-corrected chi connectivity index (χ1v) is 10.1. The van der Waals surface area contributed by atoms with Crippen molar-refractivity contribution in [2.24, 2.45) is 0 Å². The fourth-order valence-corrected chi connectivity index (χ4v) is 4.41. The van der Waals surface area contributed by atoms with Crippen molar-refractivity contribution in [3.8, 4) is 0 Å². The SMILES string of the molecule is O=C1c2cc(I)ccc2NC(c2ccc([N+](=O)[O-])s2)N1c1ccc(Cl)cc1. The zero-order valence-electron chi connectivity index (χ0n) is 13.6. The topological polar surface area (TPSA) is 75.5 Å². The van der Waals surface area contributed by atoms with Crippen molar-refractivity contribution in [3.63, 3.8) is 0 Å². The van der Waals surface area contributed by atoms with E-state index in [9.17, 15) is 14.9 Å². The molecule has 6 nitrogen and oxygen atoms in total. The average Bonchev–Trinajstić information content (AvgIpc) is 3.13. The summed E-state index contributed by atoms with van der Waals surface area (Å²) in [6.45, 7) is 0. The van der Waals surface area contributed by atoms with Crippen LogP contribution in [0, 0.1) is 13.7 Å². The van der Waals surface area contributed by atoms with Gasteiger partial charge in [-0.05, 0) is 71.1 Å². The number of fused-ring (bicyclic) bond motifs is 1. The number of hydrogen-bond acceptors (Lipinski definition) is 5. The van der Waals surface area contributed by atoms with E-state index >= 15 is 0 Å². The summed E-state index contributed by atoms with van der Waals surface area (Å²) < 4.78 is 0.947. The Labute approximate surface area is 177 Å². The summed E-state index contributed by atoms with van der Waals surface area (Å²) in [6, 6.07) is 15.6. The number of thiophene rings is 1. The Hall–Kier alpha value is -2.17. The number of anilines is 2. The van der Waals surface area contributed by atoms with Crippen LogP contribution in [0.15, 0.2) is 54.6 Å². The van der Waals surface area contributed by atoms with E-state index < -0.39 is 11.1 Å². The smallest absolute Gasteiger partial charge is 0.324 e. The highest BCUT2D eigenvalue weighted by Crippen LogP contribution is 2.40. The highest BCUT2D eigenvalue weighted by molar-refractivity contribution is 14.1. The van der Waals surface area contributed by atoms with Gasteiger partial charge in [-0.15, -0.1) is 0 Å². The summed E-state index contributed by atoms with van der Waals surface area (Å²) in [5.74, 6) is -0.175. The molecular weight excluding hydrogens is 501 g/mol. The predicted octanol–water partition coefficient (Wildman–Crippen LogP) is 5.69. The maximum absolute atomic E-state index is 13.3. The molecule has 1 amide bonds. The first kappa shape index (κ1) is 18.2. The number of carbonyl (C=O) groups is 1. The molecule has 1 atom stereocenters. The van der Waals surface area contributed by atoms with Gasteiger partial charge in [-0.2, -0.15) is 0 Å². The number of halogens is 2. The second-order valence-corrected chi connectivity index (χ2v) is 8.60. The van der Waals surface area contributed by atoms with Crippen molar-refractivity contribution in [1.82, 2.24) is 0 Å². The molecule has 0 radical (unpaired) electrons. The Morgan fingerprint density at radius 3 is 2.56 bits per heavy atom. The van der Waals surface area contributed by atoms with E-state index in [1.807, 2.05) is 18.2 Å². The minimum atomic E-state index is -0.551. The summed E-state index contributed by atoms with van der Waals surface area (Å²) in [7, 11) is 0. The maximum Gasteiger partial charge on any atom is 0.324 e. The van der Waals surface area contributed by atoms with E-state index in [0.717, 1.165) is 14.9 Å². The van der Waals surface area contributed by atoms with Crippen LogP contribution in [0.2, 0.25) is 5.02 Å². The zero-order chi connectivity index (χ0) is 19.1. The van der Waals surface area contributed by atoms with Gasteiger partial charge in [0, 0.05) is 26.0 Å². The molecule has 1 aromatic heterocycles. The Morgan fingerprint density at radius 1 is 1.15 bits per heavy atom. The lowest BCUT2D eigenvalue weighted by Crippen LogP contribution is -2.42. The largest absolute Gasteiger partial charge is 0.360 e. The van der Waals surface area contributed by atoms with E-state index in [1.54, 1.807) is 35.2 Å². The number of benzene rings is 2. The minimum Gasteiger partial charge on any atom is -0.360 e. The van der Waals surface area contributed by atoms with Crippen LogP contribution in [0.25, 0.3) is 0 Å². The van der Waals surface area contributed by atoms with Crippen molar-refractivity contribution in [2.45, 2.75) is 6.17 Å². The van der Waals surface area contributed by atoms with Crippen molar-refractivity contribution in [2.75, 3.05) is 10.2 Å². The molecule has 27 heavy (non-hydrogen) atoms. The highest BCUT2D eigenvalue weighted by atomic mass is 127. The fourth-order valence-electron chi connectivity index (χ4n) is 2.93. The van der Waals surface area contributed by atoms with Crippen molar-refractivity contribution < 1.29 is 9.72 Å². The summed E-state index contributed by atoms with van der Waals surface area (Å²) in [5.41, 5.74) is 1.91. The highest BCUT2D eigenvalue weighted by Gasteiger charge is 2.35. The molecule has 0 saturated heterocycles. The summed E-state index contributed by atoms with van der Waals surface area (Å²) in [4.78, 5) is 26.2. The van der Waals surface area contributed by atoms with Crippen LogP contribution in [-0.4, -0.2) is 10.8 Å². The monoisotopic (exact) mass is 511 g/mol. The summed E-state index contributed by atoms with van der Waals surface area (Å²) in [5, 5.41) is 15.0. The van der Waals surface area contributed by atoms with E-state index in [4.69, 9.17) is 11.6 Å². The molecule has 0 aliphatic carbocycles. The summed E-state index contributed by atoms with van der Waals surface area (Å²) >= 11 is 9.19. The van der Waals surface area contributed by atoms with Gasteiger partial charge in [0.25, 0.3) is 5.91 Å². The van der Waals surface area contributed by atoms with E-state index in [-0.39, 0.29) is 10.9 Å². The number of nitrogens with one attached hydrogen (secondary N) is 1. The molecule has 9 heteroatoms. The van der Waals surface area contributed by atoms with Crippen molar-refractivity contribution >= 4 is 67.8 Å². The van der Waals surface area contributed by atoms with Gasteiger partial charge in [-0.1, -0.05) is 22.9 Å². The van der Waals surface area contributed by atoms with Gasteiger partial charge in [0.05, 0.1) is 15.4 Å². The van der Waals surface area contributed by atoms with Crippen LogP contribution in [0.1, 0.15) is 21.4 Å². The van der Waals surface area contributed by atoms with E-state index in [2.05, 4.69) is 27.9 Å². The molecule has 2 heterocycles. The second-order valence-electron chi connectivity index (χ2n) is 5.82. The Bertz CT molecular complexity index is 1050. The number of nitrogens with zero attached hydrogens (tertiary/aromatic N) is 2. The maximum atomic E-state index is 13.3. The third kappa shape index (κ3) is 3.40. The molecule has 0 spiro atoms. The lowest BCUT2D eigenvalue weighted by Gasteiger charge is -2.37. The quantitative estimate of drug-likeness (QED) is 0.279. The molecule has 1 N–H and O–H groups in total. The molecule has 1 unspecified atom stereocenters. The Morgan fingerprint density at radius 2 is 1.89 bits per heavy atom. The minimum absolute atomic E-state index is 0.0312. The van der Waals surface area contributed by atoms with E-state index in [1.165, 1.54) is 6.07 Å². The number of nitro groups is 1. The molecule has 0 saturated carbocycles. The van der Waals surface area contributed by atoms with Crippen LogP contribution >= 0.6 is 45.5 Å². The first-order valence-electron chi connectivity index (χ1n) is 7.83. The normalized spacial score (nSPS) is 16.0. The number of amides is 1. The predicted molar refractivity (Wildman–Crippen MR) is 115 cm³/mol. The van der Waals surface area contributed by atoms with Gasteiger partial charge in [0.1, 0.15) is 6.17 Å². The molecule has 136 valence electrons. The van der Waals surface area contributed by atoms with Crippen LogP contribution in [0.5, 0.6) is 0 Å². The molecule has 4 rings (SSSR count). The Balaban J connectivity index is 1.85. The zero-order valence-corrected chi connectivity index (χ0v) is 17.3. The molecule has 1 aliphatic heterocycles. The number of hydrogen-bond donors (Lipinski definition) is 1. The molecular formula is C18H11ClIN3O3S. The van der Waals surface area contributed by atoms with Gasteiger partial charge < -0.3 is 5.32 Å². The van der Waals surface area contributed by atoms with Gasteiger partial charge in [0.2, 0.25) is 0 Å². The lowest BCUT2D eigenvalue weighted by atomic mass is 10.1. The van der Waals surface area contributed by atoms with E-state index in [0.29, 0.717) is 26.8 Å². The first-order chi connectivity index (χ1) is 12.9. The number of rotatable bonds is 3. The van der Waals surface area contributed by atoms with Gasteiger partial charge in [-0.3, -0.25) is 19.8 Å². The Kier molecular flexibility index (Phi) is 4.79. The fraction of sp³-hybridized carbons (Fsp3) is 0.0556. The van der Waals surface area contributed by atoms with Gasteiger partial charge >= 0.3 is 5.00 Å². The van der Waals surface area contributed by atoms with Crippen LogP contribution in [-0.2, 0) is 0 Å². The summed E-state index contributed by atoms with van der Waals surface area (Å²) in [6.07, 6.45) is -0.551. The van der Waals surface area contributed by atoms with Crippen LogP contribution < -0.4 is 10.2 Å². The lowest BCUT2D eigenvalue weighted by molar-refractivity contribution is -0.380.